The molecule has 108 valence electrons. The molecular formula is C14H24N2O2S. The van der Waals surface area contributed by atoms with Crippen LogP contribution in [0.5, 0.6) is 0 Å². The molecule has 0 aromatic carbocycles. The number of amides is 1. The standard InChI is InChI=1S/C14H24N2O2S/c1-4-5-6-7-13(17)15-12-14(2,3)16-8-10-19(18)11-9-16/h4-7H,8-12H2,1-3H3,(H,15,17)/b5-4+,7-6-. The number of nitrogens with zero attached hydrogens (tertiary/aromatic N) is 1. The molecule has 0 aromatic rings. The van der Waals surface area contributed by atoms with Crippen LogP contribution in [0.2, 0.25) is 0 Å². The second-order valence-electron chi connectivity index (χ2n) is 5.25. The summed E-state index contributed by atoms with van der Waals surface area (Å²) < 4.78 is 11.3. The monoisotopic (exact) mass is 284 g/mol. The molecule has 1 fully saturated rings. The second kappa shape index (κ2) is 7.60. The third-order valence-electron chi connectivity index (χ3n) is 3.28. The molecule has 0 aliphatic carbocycles. The van der Waals surface area contributed by atoms with E-state index in [1.807, 2.05) is 19.1 Å². The number of carbonyl (C=O) groups excluding carboxylic acids is 1. The zero-order chi connectivity index (χ0) is 14.3. The highest BCUT2D eigenvalue weighted by atomic mass is 32.2. The lowest BCUT2D eigenvalue weighted by atomic mass is 10.0. The van der Waals surface area contributed by atoms with Gasteiger partial charge >= 0.3 is 0 Å². The molecule has 1 rings (SSSR count). The lowest BCUT2D eigenvalue weighted by Crippen LogP contribution is -2.55. The molecule has 0 atom stereocenters. The molecule has 1 heterocycles. The van der Waals surface area contributed by atoms with Crippen LogP contribution in [0.15, 0.2) is 24.3 Å². The summed E-state index contributed by atoms with van der Waals surface area (Å²) in [6.45, 7) is 8.40. The minimum atomic E-state index is -0.662. The van der Waals surface area contributed by atoms with Crippen LogP contribution in [0, 0.1) is 0 Å². The zero-order valence-electron chi connectivity index (χ0n) is 12.0. The molecule has 1 N–H and O–H groups in total. The predicted octanol–water partition coefficient (Wildman–Crippen LogP) is 1.08. The first-order valence-electron chi connectivity index (χ1n) is 6.63. The largest absolute Gasteiger partial charge is 0.351 e. The summed E-state index contributed by atoms with van der Waals surface area (Å²) in [5, 5.41) is 2.91. The van der Waals surface area contributed by atoms with E-state index in [4.69, 9.17) is 0 Å². The Morgan fingerprint density at radius 1 is 1.32 bits per heavy atom. The van der Waals surface area contributed by atoms with Crippen molar-refractivity contribution >= 4 is 16.7 Å². The first-order valence-corrected chi connectivity index (χ1v) is 8.12. The number of nitrogens with one attached hydrogen (secondary N) is 1. The molecule has 1 amide bonds. The van der Waals surface area contributed by atoms with Gasteiger partial charge in [0.1, 0.15) is 0 Å². The van der Waals surface area contributed by atoms with Crippen LogP contribution < -0.4 is 5.32 Å². The van der Waals surface area contributed by atoms with Crippen molar-refractivity contribution in [3.05, 3.63) is 24.3 Å². The minimum Gasteiger partial charge on any atom is -0.351 e. The Hall–Kier alpha value is -0.940. The van der Waals surface area contributed by atoms with Gasteiger partial charge in [-0.15, -0.1) is 0 Å². The third-order valence-corrected chi connectivity index (χ3v) is 4.56. The highest BCUT2D eigenvalue weighted by Gasteiger charge is 2.29. The number of hydrogen-bond acceptors (Lipinski definition) is 3. The molecule has 0 radical (unpaired) electrons. The van der Waals surface area contributed by atoms with Gasteiger partial charge in [-0.05, 0) is 20.8 Å². The fourth-order valence-corrected chi connectivity index (χ4v) is 3.02. The van der Waals surface area contributed by atoms with Crippen LogP contribution in [0.3, 0.4) is 0 Å². The summed E-state index contributed by atoms with van der Waals surface area (Å²) in [7, 11) is -0.662. The average molecular weight is 284 g/mol. The van der Waals surface area contributed by atoms with Gasteiger partial charge in [-0.1, -0.05) is 18.2 Å². The number of allylic oxidation sites excluding steroid dienone is 3. The quantitative estimate of drug-likeness (QED) is 0.607. The van der Waals surface area contributed by atoms with E-state index in [-0.39, 0.29) is 11.4 Å². The summed E-state index contributed by atoms with van der Waals surface area (Å²) in [5.74, 6) is 1.39. The maximum atomic E-state index is 11.6. The van der Waals surface area contributed by atoms with Gasteiger partial charge in [0.25, 0.3) is 0 Å². The van der Waals surface area contributed by atoms with Gasteiger partial charge in [0, 0.05) is 53.6 Å². The molecule has 0 aromatic heterocycles. The molecule has 0 bridgehead atoms. The van der Waals surface area contributed by atoms with Crippen LogP contribution >= 0.6 is 0 Å². The SMILES string of the molecule is C/C=C/C=C\C(=O)NCC(C)(C)N1CCS(=O)CC1. The van der Waals surface area contributed by atoms with Crippen LogP contribution in [0.4, 0.5) is 0 Å². The van der Waals surface area contributed by atoms with E-state index in [1.165, 1.54) is 6.08 Å². The minimum absolute atomic E-state index is 0.0771. The summed E-state index contributed by atoms with van der Waals surface area (Å²) in [6.07, 6.45) is 6.96. The third kappa shape index (κ3) is 5.70. The normalized spacial score (nSPS) is 19.3. The van der Waals surface area contributed by atoms with Gasteiger partial charge in [-0.2, -0.15) is 0 Å². The van der Waals surface area contributed by atoms with E-state index >= 15 is 0 Å². The molecule has 0 unspecified atom stereocenters. The first kappa shape index (κ1) is 16.1. The van der Waals surface area contributed by atoms with E-state index in [1.54, 1.807) is 6.08 Å². The molecule has 1 aliphatic rings. The smallest absolute Gasteiger partial charge is 0.244 e. The van der Waals surface area contributed by atoms with E-state index in [0.717, 1.165) is 24.6 Å². The topological polar surface area (TPSA) is 49.4 Å². The van der Waals surface area contributed by atoms with E-state index in [9.17, 15) is 9.00 Å². The van der Waals surface area contributed by atoms with Crippen LogP contribution in [0.1, 0.15) is 20.8 Å². The van der Waals surface area contributed by atoms with Crippen molar-refractivity contribution in [3.8, 4) is 0 Å². The Kier molecular flexibility index (Phi) is 6.45. The molecule has 5 heteroatoms. The molecule has 1 aliphatic heterocycles. The summed E-state index contributed by atoms with van der Waals surface area (Å²) in [6, 6.07) is 0. The van der Waals surface area contributed by atoms with Crippen molar-refractivity contribution in [2.45, 2.75) is 26.3 Å². The van der Waals surface area contributed by atoms with Gasteiger partial charge in [0.15, 0.2) is 0 Å². The fourth-order valence-electron chi connectivity index (χ4n) is 1.97. The fraction of sp³-hybridized carbons (Fsp3) is 0.643. The van der Waals surface area contributed by atoms with Crippen molar-refractivity contribution in [1.29, 1.82) is 0 Å². The predicted molar refractivity (Wildman–Crippen MR) is 80.5 cm³/mol. The van der Waals surface area contributed by atoms with E-state index in [2.05, 4.69) is 24.1 Å². The Morgan fingerprint density at radius 3 is 2.53 bits per heavy atom. The maximum Gasteiger partial charge on any atom is 0.244 e. The van der Waals surface area contributed by atoms with E-state index in [0.29, 0.717) is 6.54 Å². The number of hydrogen-bond donors (Lipinski definition) is 1. The van der Waals surface area contributed by atoms with Crippen LogP contribution in [-0.2, 0) is 15.6 Å². The second-order valence-corrected chi connectivity index (χ2v) is 6.95. The number of rotatable bonds is 5. The van der Waals surface area contributed by atoms with Crippen molar-refractivity contribution in [2.24, 2.45) is 0 Å². The lowest BCUT2D eigenvalue weighted by molar-refractivity contribution is -0.117. The van der Waals surface area contributed by atoms with Crippen LogP contribution in [-0.4, -0.2) is 51.7 Å². The zero-order valence-corrected chi connectivity index (χ0v) is 12.8. The summed E-state index contributed by atoms with van der Waals surface area (Å²) in [4.78, 5) is 13.9. The molecule has 4 nitrogen and oxygen atoms in total. The van der Waals surface area contributed by atoms with Gasteiger partial charge in [0.05, 0.1) is 0 Å². The summed E-state index contributed by atoms with van der Waals surface area (Å²) in [5.41, 5.74) is -0.102. The highest BCUT2D eigenvalue weighted by Crippen LogP contribution is 2.15. The van der Waals surface area contributed by atoms with E-state index < -0.39 is 10.8 Å². The Morgan fingerprint density at radius 2 is 1.95 bits per heavy atom. The molecule has 19 heavy (non-hydrogen) atoms. The van der Waals surface area contributed by atoms with Crippen LogP contribution in [0.25, 0.3) is 0 Å². The Bertz CT molecular complexity index is 379. The highest BCUT2D eigenvalue weighted by molar-refractivity contribution is 7.85. The molecule has 0 saturated carbocycles. The number of carbonyl (C=O) groups is 1. The lowest BCUT2D eigenvalue weighted by Gasteiger charge is -2.40. The Balaban J connectivity index is 2.41. The van der Waals surface area contributed by atoms with Gasteiger partial charge in [-0.3, -0.25) is 13.9 Å². The molecular weight excluding hydrogens is 260 g/mol. The average Bonchev–Trinajstić information content (AvgIpc) is 2.37. The summed E-state index contributed by atoms with van der Waals surface area (Å²) >= 11 is 0. The molecule has 0 spiro atoms. The first-order chi connectivity index (χ1) is 8.95. The molecule has 1 saturated heterocycles. The van der Waals surface area contributed by atoms with Crippen molar-refractivity contribution < 1.29 is 9.00 Å². The van der Waals surface area contributed by atoms with Gasteiger partial charge in [0.2, 0.25) is 5.91 Å². The van der Waals surface area contributed by atoms with Crippen molar-refractivity contribution in [1.82, 2.24) is 10.2 Å². The van der Waals surface area contributed by atoms with Crippen molar-refractivity contribution in [2.75, 3.05) is 31.1 Å². The van der Waals surface area contributed by atoms with Crippen molar-refractivity contribution in [3.63, 3.8) is 0 Å². The van der Waals surface area contributed by atoms with Gasteiger partial charge in [-0.25, -0.2) is 0 Å². The maximum absolute atomic E-state index is 11.6. The Labute approximate surface area is 118 Å². The van der Waals surface area contributed by atoms with Gasteiger partial charge < -0.3 is 5.32 Å².